The minimum absolute atomic E-state index is 0.190. The van der Waals surface area contributed by atoms with Crippen LogP contribution in [0.25, 0.3) is 16.8 Å². The van der Waals surface area contributed by atoms with Crippen molar-refractivity contribution in [3.05, 3.63) is 71.9 Å². The van der Waals surface area contributed by atoms with E-state index in [0.29, 0.717) is 17.2 Å². The molecule has 1 saturated heterocycles. The normalized spacial score (nSPS) is 16.0. The number of hydrogen-bond donors (Lipinski definition) is 3. The zero-order valence-corrected chi connectivity index (χ0v) is 17.2. The molecule has 0 unspecified atom stereocenters. The maximum atomic E-state index is 12.6. The fraction of sp³-hybridized carbons (Fsp3) is 0.217. The molecular weight excluding hydrogens is 390 g/mol. The molecule has 1 aromatic carbocycles. The minimum atomic E-state index is -0.212. The standard InChI is InChI=1S/C23H23N7O/c1-14-8-10-26-18(13-14)28-23(31)16-6-4-15(5-7-16)19-20-21(24)27-11-12-30(20)22(29-19)17-3-2-9-25-17/h4-8,10-13,17,25H,2-3,9H2,1H3,(H2,24,27)(H,26,28,31)/t17-/m0/s1. The van der Waals surface area contributed by atoms with Crippen molar-refractivity contribution in [1.82, 2.24) is 24.7 Å². The maximum Gasteiger partial charge on any atom is 0.256 e. The summed E-state index contributed by atoms with van der Waals surface area (Å²) in [5.41, 5.74) is 10.2. The Morgan fingerprint density at radius 2 is 2.03 bits per heavy atom. The minimum Gasteiger partial charge on any atom is -0.382 e. The zero-order valence-electron chi connectivity index (χ0n) is 17.2. The second-order valence-electron chi connectivity index (χ2n) is 7.75. The lowest BCUT2D eigenvalue weighted by atomic mass is 10.1. The molecule has 0 radical (unpaired) electrons. The van der Waals surface area contributed by atoms with Crippen LogP contribution < -0.4 is 16.4 Å². The van der Waals surface area contributed by atoms with Gasteiger partial charge in [0.25, 0.3) is 5.91 Å². The van der Waals surface area contributed by atoms with E-state index in [1.807, 2.05) is 41.8 Å². The van der Waals surface area contributed by atoms with E-state index in [-0.39, 0.29) is 11.9 Å². The second kappa shape index (κ2) is 7.81. The third-order valence-corrected chi connectivity index (χ3v) is 5.56. The predicted octanol–water partition coefficient (Wildman–Crippen LogP) is 3.36. The number of hydrogen-bond acceptors (Lipinski definition) is 6. The molecule has 8 nitrogen and oxygen atoms in total. The summed E-state index contributed by atoms with van der Waals surface area (Å²) in [4.78, 5) is 26.0. The first-order valence-corrected chi connectivity index (χ1v) is 10.3. The Morgan fingerprint density at radius 3 is 2.77 bits per heavy atom. The third-order valence-electron chi connectivity index (χ3n) is 5.56. The van der Waals surface area contributed by atoms with Crippen molar-refractivity contribution in [2.45, 2.75) is 25.8 Å². The van der Waals surface area contributed by atoms with Gasteiger partial charge < -0.3 is 16.4 Å². The molecule has 8 heteroatoms. The molecule has 156 valence electrons. The van der Waals surface area contributed by atoms with Crippen LogP contribution in [0.15, 0.2) is 55.0 Å². The molecule has 31 heavy (non-hydrogen) atoms. The lowest BCUT2D eigenvalue weighted by molar-refractivity contribution is 0.102. The van der Waals surface area contributed by atoms with E-state index in [1.54, 1.807) is 24.5 Å². The number of nitrogens with two attached hydrogens (primary N) is 1. The van der Waals surface area contributed by atoms with Crippen LogP contribution in [-0.2, 0) is 0 Å². The summed E-state index contributed by atoms with van der Waals surface area (Å²) in [5.74, 6) is 1.68. The Labute approximate surface area is 179 Å². The monoisotopic (exact) mass is 413 g/mol. The van der Waals surface area contributed by atoms with Gasteiger partial charge in [0.15, 0.2) is 0 Å². The Hall–Kier alpha value is -3.78. The lowest BCUT2D eigenvalue weighted by Gasteiger charge is -2.08. The van der Waals surface area contributed by atoms with E-state index in [9.17, 15) is 4.79 Å². The zero-order chi connectivity index (χ0) is 21.4. The number of benzene rings is 1. The summed E-state index contributed by atoms with van der Waals surface area (Å²) in [6.07, 6.45) is 7.42. The van der Waals surface area contributed by atoms with Gasteiger partial charge in [0.05, 0.1) is 6.04 Å². The van der Waals surface area contributed by atoms with Gasteiger partial charge in [-0.1, -0.05) is 12.1 Å². The largest absolute Gasteiger partial charge is 0.382 e. The van der Waals surface area contributed by atoms with Gasteiger partial charge in [0.1, 0.15) is 28.7 Å². The molecule has 4 heterocycles. The SMILES string of the molecule is Cc1ccnc(NC(=O)c2ccc(-c3nc([C@@H]4CCCN4)n4ccnc(N)c34)cc2)c1. The first kappa shape index (κ1) is 19.2. The molecular formula is C23H23N7O. The average molecular weight is 413 g/mol. The Kier molecular flexibility index (Phi) is 4.83. The molecule has 0 saturated carbocycles. The molecule has 5 rings (SSSR count). The Morgan fingerprint density at radius 1 is 1.19 bits per heavy atom. The Bertz CT molecular complexity index is 1260. The number of anilines is 2. The van der Waals surface area contributed by atoms with E-state index in [2.05, 4.69) is 20.6 Å². The molecule has 0 aliphatic carbocycles. The van der Waals surface area contributed by atoms with Crippen molar-refractivity contribution in [3.63, 3.8) is 0 Å². The smallest absolute Gasteiger partial charge is 0.256 e. The number of carbonyl (C=O) groups is 1. The van der Waals surface area contributed by atoms with E-state index in [4.69, 9.17) is 10.7 Å². The van der Waals surface area contributed by atoms with Crippen LogP contribution in [0.4, 0.5) is 11.6 Å². The molecule has 4 aromatic rings. The van der Waals surface area contributed by atoms with E-state index in [0.717, 1.165) is 47.5 Å². The number of nitrogen functional groups attached to an aromatic ring is 1. The summed E-state index contributed by atoms with van der Waals surface area (Å²) >= 11 is 0. The third kappa shape index (κ3) is 3.62. The summed E-state index contributed by atoms with van der Waals surface area (Å²) in [6, 6.07) is 11.2. The number of fused-ring (bicyclic) bond motifs is 1. The predicted molar refractivity (Wildman–Crippen MR) is 120 cm³/mol. The molecule has 1 aliphatic heterocycles. The van der Waals surface area contributed by atoms with Gasteiger partial charge in [-0.05, 0) is 56.1 Å². The van der Waals surface area contributed by atoms with E-state index < -0.39 is 0 Å². The molecule has 1 amide bonds. The number of nitrogens with one attached hydrogen (secondary N) is 2. The van der Waals surface area contributed by atoms with Gasteiger partial charge in [-0.25, -0.2) is 15.0 Å². The van der Waals surface area contributed by atoms with Crippen LogP contribution in [0.3, 0.4) is 0 Å². The lowest BCUT2D eigenvalue weighted by Crippen LogP contribution is -2.16. The fourth-order valence-electron chi connectivity index (χ4n) is 4.01. The summed E-state index contributed by atoms with van der Waals surface area (Å²) in [5, 5.41) is 6.33. The molecule has 1 atom stereocenters. The highest BCUT2D eigenvalue weighted by atomic mass is 16.1. The van der Waals surface area contributed by atoms with Gasteiger partial charge in [0.2, 0.25) is 0 Å². The molecule has 0 spiro atoms. The van der Waals surface area contributed by atoms with Crippen LogP contribution in [0.5, 0.6) is 0 Å². The summed E-state index contributed by atoms with van der Waals surface area (Å²) < 4.78 is 2.02. The first-order valence-electron chi connectivity index (χ1n) is 10.3. The number of nitrogens with zero attached hydrogens (tertiary/aromatic N) is 4. The van der Waals surface area contributed by atoms with Crippen molar-refractivity contribution in [2.75, 3.05) is 17.6 Å². The van der Waals surface area contributed by atoms with Crippen LogP contribution in [0, 0.1) is 6.92 Å². The molecule has 1 aliphatic rings. The number of amides is 1. The van der Waals surface area contributed by atoms with Crippen molar-refractivity contribution >= 4 is 23.1 Å². The highest BCUT2D eigenvalue weighted by molar-refractivity contribution is 6.04. The van der Waals surface area contributed by atoms with E-state index >= 15 is 0 Å². The average Bonchev–Trinajstić information content (AvgIpc) is 3.42. The topological polar surface area (TPSA) is 110 Å². The number of carbonyl (C=O) groups excluding carboxylic acids is 1. The van der Waals surface area contributed by atoms with Crippen LogP contribution in [0.1, 0.15) is 40.6 Å². The van der Waals surface area contributed by atoms with Gasteiger partial charge >= 0.3 is 0 Å². The second-order valence-corrected chi connectivity index (χ2v) is 7.75. The number of imidazole rings is 1. The van der Waals surface area contributed by atoms with Crippen LogP contribution in [0.2, 0.25) is 0 Å². The van der Waals surface area contributed by atoms with Crippen LogP contribution >= 0.6 is 0 Å². The van der Waals surface area contributed by atoms with Crippen molar-refractivity contribution in [2.24, 2.45) is 0 Å². The van der Waals surface area contributed by atoms with E-state index in [1.165, 1.54) is 0 Å². The van der Waals surface area contributed by atoms with Crippen molar-refractivity contribution in [1.29, 1.82) is 0 Å². The highest BCUT2D eigenvalue weighted by Gasteiger charge is 2.24. The number of pyridine rings is 1. The van der Waals surface area contributed by atoms with Crippen molar-refractivity contribution in [3.8, 4) is 11.3 Å². The van der Waals surface area contributed by atoms with Gasteiger partial charge in [0, 0.05) is 29.7 Å². The van der Waals surface area contributed by atoms with Gasteiger partial charge in [-0.2, -0.15) is 0 Å². The number of rotatable bonds is 4. The fourth-order valence-corrected chi connectivity index (χ4v) is 4.01. The highest BCUT2D eigenvalue weighted by Crippen LogP contribution is 2.32. The molecule has 0 bridgehead atoms. The Balaban J connectivity index is 1.47. The summed E-state index contributed by atoms with van der Waals surface area (Å²) in [7, 11) is 0. The van der Waals surface area contributed by atoms with Crippen LogP contribution in [-0.4, -0.2) is 31.8 Å². The first-order chi connectivity index (χ1) is 15.1. The van der Waals surface area contributed by atoms with Gasteiger partial charge in [-0.15, -0.1) is 0 Å². The molecule has 4 N–H and O–H groups in total. The van der Waals surface area contributed by atoms with Crippen molar-refractivity contribution < 1.29 is 4.79 Å². The quantitative estimate of drug-likeness (QED) is 0.473. The summed E-state index contributed by atoms with van der Waals surface area (Å²) in [6.45, 7) is 2.94. The molecule has 3 aromatic heterocycles. The van der Waals surface area contributed by atoms with Gasteiger partial charge in [-0.3, -0.25) is 9.20 Å². The number of aryl methyl sites for hydroxylation is 1. The maximum absolute atomic E-state index is 12.6. The number of aromatic nitrogens is 4. The molecule has 1 fully saturated rings.